The number of carbonyl (C=O) groups excluding carboxylic acids is 2. The van der Waals surface area contributed by atoms with Crippen LogP contribution in [0.3, 0.4) is 0 Å². The number of nitrogens with one attached hydrogen (secondary N) is 2. The Balaban J connectivity index is 1.60. The van der Waals surface area contributed by atoms with Gasteiger partial charge in [-0.3, -0.25) is 4.79 Å². The summed E-state index contributed by atoms with van der Waals surface area (Å²) in [4.78, 5) is 28.5. The molecule has 3 rings (SSSR count). The van der Waals surface area contributed by atoms with Crippen molar-refractivity contribution in [2.75, 3.05) is 34.8 Å². The van der Waals surface area contributed by atoms with E-state index in [4.69, 9.17) is 0 Å². The predicted molar refractivity (Wildman–Crippen MR) is 114 cm³/mol. The topological polar surface area (TPSA) is 64.7 Å². The SMILES string of the molecule is CCN(CC)c1ccc(NC(=O)N[C@H]2CC(=O)N(c3ccc(F)cc3)C2)c(C)c1. The van der Waals surface area contributed by atoms with Crippen LogP contribution in [0.4, 0.5) is 26.2 Å². The second kappa shape index (κ2) is 8.94. The van der Waals surface area contributed by atoms with Gasteiger partial charge in [-0.1, -0.05) is 0 Å². The Hall–Kier alpha value is -3.09. The summed E-state index contributed by atoms with van der Waals surface area (Å²) in [6, 6.07) is 11.1. The van der Waals surface area contributed by atoms with Gasteiger partial charge in [0.15, 0.2) is 0 Å². The lowest BCUT2D eigenvalue weighted by Crippen LogP contribution is -2.39. The third-order valence-corrected chi connectivity index (χ3v) is 5.19. The lowest BCUT2D eigenvalue weighted by atomic mass is 10.1. The Kier molecular flexibility index (Phi) is 6.36. The lowest BCUT2D eigenvalue weighted by Gasteiger charge is -2.22. The van der Waals surface area contributed by atoms with Crippen molar-refractivity contribution < 1.29 is 14.0 Å². The minimum Gasteiger partial charge on any atom is -0.372 e. The maximum Gasteiger partial charge on any atom is 0.319 e. The van der Waals surface area contributed by atoms with Crippen LogP contribution in [-0.2, 0) is 4.79 Å². The van der Waals surface area contributed by atoms with Crippen molar-refractivity contribution in [3.05, 3.63) is 53.8 Å². The molecule has 2 N–H and O–H groups in total. The van der Waals surface area contributed by atoms with E-state index in [2.05, 4.69) is 35.4 Å². The summed E-state index contributed by atoms with van der Waals surface area (Å²) >= 11 is 0. The van der Waals surface area contributed by atoms with Crippen LogP contribution < -0.4 is 20.4 Å². The first-order valence-corrected chi connectivity index (χ1v) is 9.90. The molecule has 6 nitrogen and oxygen atoms in total. The van der Waals surface area contributed by atoms with Gasteiger partial charge >= 0.3 is 6.03 Å². The van der Waals surface area contributed by atoms with Crippen molar-refractivity contribution in [3.8, 4) is 0 Å². The molecule has 0 radical (unpaired) electrons. The van der Waals surface area contributed by atoms with Crippen molar-refractivity contribution in [2.45, 2.75) is 33.2 Å². The zero-order chi connectivity index (χ0) is 21.0. The number of nitrogens with zero attached hydrogens (tertiary/aromatic N) is 2. The lowest BCUT2D eigenvalue weighted by molar-refractivity contribution is -0.117. The van der Waals surface area contributed by atoms with E-state index in [9.17, 15) is 14.0 Å². The number of carbonyl (C=O) groups is 2. The minimum atomic E-state index is -0.350. The van der Waals surface area contributed by atoms with Gasteiger partial charge in [0.1, 0.15) is 5.82 Å². The number of halogens is 1. The molecule has 1 aliphatic heterocycles. The average molecular weight is 398 g/mol. The average Bonchev–Trinajstić information content (AvgIpc) is 3.05. The molecule has 0 spiro atoms. The molecule has 0 aliphatic carbocycles. The van der Waals surface area contributed by atoms with Crippen LogP contribution in [0, 0.1) is 12.7 Å². The van der Waals surface area contributed by atoms with Crippen LogP contribution in [0.2, 0.25) is 0 Å². The van der Waals surface area contributed by atoms with E-state index in [-0.39, 0.29) is 30.2 Å². The first-order chi connectivity index (χ1) is 13.9. The molecule has 0 saturated carbocycles. The molecule has 3 amide bonds. The summed E-state index contributed by atoms with van der Waals surface area (Å²) in [5, 5.41) is 5.73. The van der Waals surface area contributed by atoms with Crippen molar-refractivity contribution in [2.24, 2.45) is 0 Å². The molecule has 1 fully saturated rings. The fourth-order valence-electron chi connectivity index (χ4n) is 3.59. The first kappa shape index (κ1) is 20.6. The maximum atomic E-state index is 13.1. The van der Waals surface area contributed by atoms with E-state index in [1.165, 1.54) is 12.1 Å². The number of urea groups is 1. The number of hydrogen-bond donors (Lipinski definition) is 2. The Bertz CT molecular complexity index is 881. The van der Waals surface area contributed by atoms with E-state index in [1.54, 1.807) is 17.0 Å². The smallest absolute Gasteiger partial charge is 0.319 e. The van der Waals surface area contributed by atoms with E-state index in [0.29, 0.717) is 12.2 Å². The summed E-state index contributed by atoms with van der Waals surface area (Å²) in [5.74, 6) is -0.446. The fourth-order valence-corrected chi connectivity index (χ4v) is 3.59. The van der Waals surface area contributed by atoms with Crippen molar-refractivity contribution in [1.29, 1.82) is 0 Å². The Labute approximate surface area is 170 Å². The number of hydrogen-bond acceptors (Lipinski definition) is 3. The number of aryl methyl sites for hydroxylation is 1. The van der Waals surface area contributed by atoms with Crippen molar-refractivity contribution in [3.63, 3.8) is 0 Å². The Morgan fingerprint density at radius 3 is 2.48 bits per heavy atom. The van der Waals surface area contributed by atoms with E-state index in [0.717, 1.165) is 30.0 Å². The third-order valence-electron chi connectivity index (χ3n) is 5.19. The molecule has 2 aromatic carbocycles. The van der Waals surface area contributed by atoms with Gasteiger partial charge in [-0.25, -0.2) is 9.18 Å². The van der Waals surface area contributed by atoms with E-state index < -0.39 is 0 Å². The number of amides is 3. The molecule has 0 unspecified atom stereocenters. The molecule has 2 aromatic rings. The van der Waals surface area contributed by atoms with Crippen molar-refractivity contribution >= 4 is 29.0 Å². The molecule has 0 bridgehead atoms. The van der Waals surface area contributed by atoms with Gasteiger partial charge in [0, 0.05) is 43.1 Å². The first-order valence-electron chi connectivity index (χ1n) is 9.90. The van der Waals surface area contributed by atoms with E-state index in [1.807, 2.05) is 19.1 Å². The summed E-state index contributed by atoms with van der Waals surface area (Å²) in [7, 11) is 0. The van der Waals surface area contributed by atoms with Gasteiger partial charge in [-0.15, -0.1) is 0 Å². The Morgan fingerprint density at radius 2 is 1.86 bits per heavy atom. The third kappa shape index (κ3) is 4.85. The fraction of sp³-hybridized carbons (Fsp3) is 0.364. The second-order valence-corrected chi connectivity index (χ2v) is 7.15. The molecule has 154 valence electrons. The molecule has 1 heterocycles. The highest BCUT2D eigenvalue weighted by molar-refractivity contribution is 5.97. The minimum absolute atomic E-state index is 0.0957. The molecule has 1 atom stereocenters. The van der Waals surface area contributed by atoms with Crippen LogP contribution in [0.15, 0.2) is 42.5 Å². The van der Waals surface area contributed by atoms with Crippen molar-refractivity contribution in [1.82, 2.24) is 5.32 Å². The molecular formula is C22H27FN4O2. The molecule has 29 heavy (non-hydrogen) atoms. The summed E-state index contributed by atoms with van der Waals surface area (Å²) in [6.45, 7) is 8.37. The standard InChI is InChI=1S/C22H27FN4O2/c1-4-26(5-2)19-10-11-20(15(3)12-19)25-22(29)24-17-13-21(28)27(14-17)18-8-6-16(23)7-9-18/h6-12,17H,4-5,13-14H2,1-3H3,(H2,24,25,29)/t17-/m0/s1. The maximum absolute atomic E-state index is 13.1. The molecular weight excluding hydrogens is 371 g/mol. The molecule has 1 aliphatic rings. The Morgan fingerprint density at radius 1 is 1.17 bits per heavy atom. The van der Waals surface area contributed by atoms with Gasteiger partial charge in [0.2, 0.25) is 5.91 Å². The number of rotatable bonds is 6. The number of anilines is 3. The van der Waals surface area contributed by atoms with E-state index >= 15 is 0 Å². The highest BCUT2D eigenvalue weighted by Crippen LogP contribution is 2.24. The molecule has 7 heteroatoms. The van der Waals surface area contributed by atoms with Crippen LogP contribution in [0.5, 0.6) is 0 Å². The number of benzene rings is 2. The van der Waals surface area contributed by atoms with Gasteiger partial charge in [-0.2, -0.15) is 0 Å². The zero-order valence-corrected chi connectivity index (χ0v) is 17.0. The van der Waals surface area contributed by atoms with Gasteiger partial charge < -0.3 is 20.4 Å². The quantitative estimate of drug-likeness (QED) is 0.776. The normalized spacial score (nSPS) is 16.1. The van der Waals surface area contributed by atoms with Crippen LogP contribution >= 0.6 is 0 Å². The molecule has 0 aromatic heterocycles. The molecule has 1 saturated heterocycles. The summed E-state index contributed by atoms with van der Waals surface area (Å²) in [5.41, 5.74) is 3.46. The largest absolute Gasteiger partial charge is 0.372 e. The predicted octanol–water partition coefficient (Wildman–Crippen LogP) is 3.91. The van der Waals surface area contributed by atoms with Crippen LogP contribution in [0.1, 0.15) is 25.8 Å². The van der Waals surface area contributed by atoms with Crippen LogP contribution in [-0.4, -0.2) is 37.6 Å². The van der Waals surface area contributed by atoms with Gasteiger partial charge in [-0.05, 0) is 68.8 Å². The zero-order valence-electron chi connectivity index (χ0n) is 17.0. The summed E-state index contributed by atoms with van der Waals surface area (Å²) < 4.78 is 13.1. The highest BCUT2D eigenvalue weighted by atomic mass is 19.1. The van der Waals surface area contributed by atoms with Gasteiger partial charge in [0.25, 0.3) is 0 Å². The van der Waals surface area contributed by atoms with Gasteiger partial charge in [0.05, 0.1) is 6.04 Å². The second-order valence-electron chi connectivity index (χ2n) is 7.15. The summed E-state index contributed by atoms with van der Waals surface area (Å²) in [6.07, 6.45) is 0.213. The van der Waals surface area contributed by atoms with Crippen LogP contribution in [0.25, 0.3) is 0 Å². The highest BCUT2D eigenvalue weighted by Gasteiger charge is 2.31. The monoisotopic (exact) mass is 398 g/mol.